The molecule has 2 aliphatic rings. The van der Waals surface area contributed by atoms with Gasteiger partial charge in [-0.15, -0.1) is 0 Å². The molecule has 0 bridgehead atoms. The lowest BCUT2D eigenvalue weighted by Crippen LogP contribution is -3.14. The minimum atomic E-state index is -0.211. The normalized spacial score (nSPS) is 20.6. The highest BCUT2D eigenvalue weighted by molar-refractivity contribution is 5.97. The highest BCUT2D eigenvalue weighted by atomic mass is 16.5. The number of nitrogens with one attached hydrogen (secondary N) is 3. The molecule has 1 atom stereocenters. The molecular weight excluding hydrogens is 348 g/mol. The fourth-order valence-corrected chi connectivity index (χ4v) is 3.52. The highest BCUT2D eigenvalue weighted by Crippen LogP contribution is 2.25. The quantitative estimate of drug-likeness (QED) is 0.555. The SMILES string of the molecule is COc1cccc(N2C[C@@H](NC(=O)NCCC[NH+]3CCOCC3)CC2=O)c1. The number of methoxy groups -OCH3 is 1. The standard InChI is InChI=1S/C19H28N4O4/c1-26-17-5-2-4-16(13-17)23-14-15(12-18(23)24)21-19(25)20-6-3-7-22-8-10-27-11-9-22/h2,4-5,13,15H,3,6-12,14H2,1H3,(H2,20,21,25)/p+1/t15-/m0/s1. The first-order chi connectivity index (χ1) is 13.2. The summed E-state index contributed by atoms with van der Waals surface area (Å²) < 4.78 is 10.6. The topological polar surface area (TPSA) is 84.3 Å². The van der Waals surface area contributed by atoms with Gasteiger partial charge in [0.15, 0.2) is 0 Å². The molecule has 3 N–H and O–H groups in total. The predicted molar refractivity (Wildman–Crippen MR) is 101 cm³/mol. The number of nitrogens with zero attached hydrogens (tertiary/aromatic N) is 1. The monoisotopic (exact) mass is 377 g/mol. The first kappa shape index (κ1) is 19.4. The summed E-state index contributed by atoms with van der Waals surface area (Å²) >= 11 is 0. The van der Waals surface area contributed by atoms with Crippen LogP contribution in [0.15, 0.2) is 24.3 Å². The molecule has 148 valence electrons. The number of hydrogen-bond donors (Lipinski definition) is 3. The van der Waals surface area contributed by atoms with Crippen molar-refractivity contribution in [2.75, 3.05) is 57.9 Å². The molecule has 0 saturated carbocycles. The third-order valence-corrected chi connectivity index (χ3v) is 5.02. The van der Waals surface area contributed by atoms with Gasteiger partial charge in [-0.2, -0.15) is 0 Å². The third kappa shape index (κ3) is 5.58. The fraction of sp³-hybridized carbons (Fsp3) is 0.579. The Bertz CT molecular complexity index is 648. The van der Waals surface area contributed by atoms with E-state index in [2.05, 4.69) is 10.6 Å². The highest BCUT2D eigenvalue weighted by Gasteiger charge is 2.31. The van der Waals surface area contributed by atoms with Crippen molar-refractivity contribution in [3.05, 3.63) is 24.3 Å². The first-order valence-electron chi connectivity index (χ1n) is 9.56. The lowest BCUT2D eigenvalue weighted by molar-refractivity contribution is -0.908. The van der Waals surface area contributed by atoms with Gasteiger partial charge in [-0.25, -0.2) is 4.79 Å². The van der Waals surface area contributed by atoms with Crippen LogP contribution in [0.2, 0.25) is 0 Å². The second-order valence-corrected chi connectivity index (χ2v) is 6.97. The van der Waals surface area contributed by atoms with E-state index in [0.717, 1.165) is 45.0 Å². The Morgan fingerprint density at radius 3 is 2.96 bits per heavy atom. The molecule has 2 fully saturated rings. The van der Waals surface area contributed by atoms with Gasteiger partial charge in [0.05, 0.1) is 32.9 Å². The van der Waals surface area contributed by atoms with E-state index in [0.29, 0.717) is 25.3 Å². The number of quaternary nitrogens is 1. The zero-order valence-electron chi connectivity index (χ0n) is 15.8. The van der Waals surface area contributed by atoms with Crippen LogP contribution in [0.25, 0.3) is 0 Å². The van der Waals surface area contributed by atoms with Crippen LogP contribution in [0.3, 0.4) is 0 Å². The van der Waals surface area contributed by atoms with Gasteiger partial charge < -0.3 is 29.9 Å². The maximum atomic E-state index is 12.3. The number of amides is 3. The lowest BCUT2D eigenvalue weighted by Gasteiger charge is -2.23. The molecule has 1 aromatic carbocycles. The Balaban J connectivity index is 1.39. The second kappa shape index (κ2) is 9.57. The smallest absolute Gasteiger partial charge is 0.315 e. The molecule has 0 spiro atoms. The summed E-state index contributed by atoms with van der Waals surface area (Å²) in [6, 6.07) is 6.99. The number of rotatable bonds is 7. The average Bonchev–Trinajstić information content (AvgIpc) is 3.06. The zero-order chi connectivity index (χ0) is 19.1. The third-order valence-electron chi connectivity index (χ3n) is 5.02. The van der Waals surface area contributed by atoms with E-state index in [1.165, 1.54) is 4.90 Å². The van der Waals surface area contributed by atoms with Crippen LogP contribution in [0.1, 0.15) is 12.8 Å². The van der Waals surface area contributed by atoms with Gasteiger partial charge in [0.2, 0.25) is 5.91 Å². The summed E-state index contributed by atoms with van der Waals surface area (Å²) in [5.74, 6) is 0.710. The molecule has 2 saturated heterocycles. The Morgan fingerprint density at radius 2 is 2.19 bits per heavy atom. The molecule has 1 aromatic rings. The van der Waals surface area contributed by atoms with Crippen LogP contribution in [0.5, 0.6) is 5.75 Å². The molecule has 8 nitrogen and oxygen atoms in total. The predicted octanol–water partition coefficient (Wildman–Crippen LogP) is -0.595. The van der Waals surface area contributed by atoms with Gasteiger partial charge in [0.25, 0.3) is 0 Å². The molecular formula is C19H29N4O4+. The van der Waals surface area contributed by atoms with Gasteiger partial charge in [-0.1, -0.05) is 6.07 Å². The fourth-order valence-electron chi connectivity index (χ4n) is 3.52. The minimum absolute atomic E-state index is 0.00414. The van der Waals surface area contributed by atoms with Crippen LogP contribution in [0, 0.1) is 0 Å². The largest absolute Gasteiger partial charge is 0.497 e. The maximum Gasteiger partial charge on any atom is 0.315 e. The van der Waals surface area contributed by atoms with E-state index >= 15 is 0 Å². The van der Waals surface area contributed by atoms with E-state index < -0.39 is 0 Å². The van der Waals surface area contributed by atoms with Crippen molar-refractivity contribution >= 4 is 17.6 Å². The average molecular weight is 377 g/mol. The first-order valence-corrected chi connectivity index (χ1v) is 9.56. The van der Waals surface area contributed by atoms with Crippen LogP contribution < -0.4 is 25.2 Å². The van der Waals surface area contributed by atoms with Gasteiger partial charge in [0, 0.05) is 37.7 Å². The molecule has 0 aliphatic carbocycles. The molecule has 0 radical (unpaired) electrons. The van der Waals surface area contributed by atoms with E-state index in [1.807, 2.05) is 24.3 Å². The maximum absolute atomic E-state index is 12.3. The molecule has 27 heavy (non-hydrogen) atoms. The molecule has 2 aliphatic heterocycles. The molecule has 3 rings (SSSR count). The van der Waals surface area contributed by atoms with Crippen molar-refractivity contribution in [1.29, 1.82) is 0 Å². The Labute approximate surface area is 159 Å². The number of ether oxygens (including phenoxy) is 2. The molecule has 8 heteroatoms. The second-order valence-electron chi connectivity index (χ2n) is 6.97. The van der Waals surface area contributed by atoms with Gasteiger partial charge in [-0.05, 0) is 12.1 Å². The van der Waals surface area contributed by atoms with Crippen LogP contribution in [-0.2, 0) is 9.53 Å². The Morgan fingerprint density at radius 1 is 1.37 bits per heavy atom. The summed E-state index contributed by atoms with van der Waals surface area (Å²) in [5, 5.41) is 5.80. The number of urea groups is 1. The summed E-state index contributed by atoms with van der Waals surface area (Å²) in [6.45, 7) is 5.86. The number of hydrogen-bond acceptors (Lipinski definition) is 4. The van der Waals surface area contributed by atoms with Crippen LogP contribution in [0.4, 0.5) is 10.5 Å². The van der Waals surface area contributed by atoms with E-state index in [-0.39, 0.29) is 18.0 Å². The van der Waals surface area contributed by atoms with Gasteiger partial charge >= 0.3 is 6.03 Å². The summed E-state index contributed by atoms with van der Waals surface area (Å²) in [7, 11) is 1.60. The Kier molecular flexibility index (Phi) is 6.89. The van der Waals surface area contributed by atoms with Crippen molar-refractivity contribution in [2.24, 2.45) is 0 Å². The lowest BCUT2D eigenvalue weighted by atomic mass is 10.2. The van der Waals surface area contributed by atoms with E-state index in [4.69, 9.17) is 9.47 Å². The van der Waals surface area contributed by atoms with Gasteiger partial charge in [0.1, 0.15) is 18.8 Å². The summed E-state index contributed by atoms with van der Waals surface area (Å²) in [5.41, 5.74) is 0.789. The van der Waals surface area contributed by atoms with Crippen molar-refractivity contribution in [3.63, 3.8) is 0 Å². The zero-order valence-corrected chi connectivity index (χ0v) is 15.8. The van der Waals surface area contributed by atoms with E-state index in [9.17, 15) is 9.59 Å². The number of anilines is 1. The van der Waals surface area contributed by atoms with Crippen molar-refractivity contribution in [3.8, 4) is 5.75 Å². The Hall–Kier alpha value is -2.32. The minimum Gasteiger partial charge on any atom is -0.497 e. The summed E-state index contributed by atoms with van der Waals surface area (Å²) in [4.78, 5) is 27.6. The van der Waals surface area contributed by atoms with E-state index in [1.54, 1.807) is 12.0 Å². The number of morpholine rings is 1. The van der Waals surface area contributed by atoms with Crippen molar-refractivity contribution in [2.45, 2.75) is 18.9 Å². The van der Waals surface area contributed by atoms with Crippen LogP contribution in [-0.4, -0.2) is 71.0 Å². The molecule has 0 aromatic heterocycles. The van der Waals surface area contributed by atoms with Crippen molar-refractivity contribution in [1.82, 2.24) is 10.6 Å². The van der Waals surface area contributed by atoms with Gasteiger partial charge in [-0.3, -0.25) is 4.79 Å². The summed E-state index contributed by atoms with van der Waals surface area (Å²) in [6.07, 6.45) is 1.24. The molecule has 3 amide bonds. The van der Waals surface area contributed by atoms with Crippen LogP contribution >= 0.6 is 0 Å². The number of benzene rings is 1. The molecule has 0 unspecified atom stereocenters. The molecule has 2 heterocycles. The van der Waals surface area contributed by atoms with Crippen molar-refractivity contribution < 1.29 is 24.0 Å². The number of carbonyl (C=O) groups is 2. The number of carbonyl (C=O) groups excluding carboxylic acids is 2.